The molecular formula is C18H22N4O4S. The lowest BCUT2D eigenvalue weighted by Crippen LogP contribution is -2.41. The van der Waals surface area contributed by atoms with Gasteiger partial charge in [0.25, 0.3) is 5.91 Å². The molecule has 2 heterocycles. The number of sulfone groups is 1. The monoisotopic (exact) mass is 390 g/mol. The maximum Gasteiger partial charge on any atom is 0.274 e. The zero-order valence-electron chi connectivity index (χ0n) is 15.3. The average Bonchev–Trinajstić information content (AvgIpc) is 3.02. The molecule has 1 amide bonds. The summed E-state index contributed by atoms with van der Waals surface area (Å²) < 4.78 is 28.6. The van der Waals surface area contributed by atoms with E-state index < -0.39 is 9.84 Å². The van der Waals surface area contributed by atoms with Gasteiger partial charge >= 0.3 is 0 Å². The van der Waals surface area contributed by atoms with Crippen molar-refractivity contribution >= 4 is 27.2 Å². The third-order valence-electron chi connectivity index (χ3n) is 4.46. The van der Waals surface area contributed by atoms with E-state index in [4.69, 9.17) is 4.74 Å². The Bertz CT molecular complexity index is 915. The Labute approximate surface area is 158 Å². The van der Waals surface area contributed by atoms with Crippen LogP contribution in [0.15, 0.2) is 36.7 Å². The highest BCUT2D eigenvalue weighted by Crippen LogP contribution is 2.21. The number of rotatable bonds is 6. The van der Waals surface area contributed by atoms with Gasteiger partial charge in [-0.2, -0.15) is 0 Å². The summed E-state index contributed by atoms with van der Waals surface area (Å²) in [6.07, 6.45) is 3.34. The first-order chi connectivity index (χ1) is 12.9. The van der Waals surface area contributed by atoms with E-state index in [0.717, 1.165) is 5.69 Å². The second-order valence-electron chi connectivity index (χ2n) is 6.29. The van der Waals surface area contributed by atoms with E-state index in [-0.39, 0.29) is 29.1 Å². The topological polar surface area (TPSA) is 101 Å². The summed E-state index contributed by atoms with van der Waals surface area (Å²) in [7, 11) is -1.47. The molecule has 1 saturated heterocycles. The summed E-state index contributed by atoms with van der Waals surface area (Å²) >= 11 is 0. The van der Waals surface area contributed by atoms with Crippen LogP contribution in [0, 0.1) is 0 Å². The minimum atomic E-state index is -3.06. The molecule has 0 saturated carbocycles. The van der Waals surface area contributed by atoms with Crippen molar-refractivity contribution in [3.63, 3.8) is 0 Å². The van der Waals surface area contributed by atoms with Gasteiger partial charge in [-0.15, -0.1) is 0 Å². The standard InChI is InChI=1S/C18H22N4O4S/c1-3-22(14-7-8-27(24,25)12-14)18(23)16-10-20-17(11-19-16)21-13-5-4-6-15(9-13)26-2/h4-6,9-11,14H,3,7-8,12H2,1-2H3,(H,20,21). The second kappa shape index (κ2) is 7.91. The molecule has 9 heteroatoms. The summed E-state index contributed by atoms with van der Waals surface area (Å²) in [4.78, 5) is 22.7. The second-order valence-corrected chi connectivity index (χ2v) is 8.52. The minimum absolute atomic E-state index is 0.00941. The number of nitrogens with one attached hydrogen (secondary N) is 1. The van der Waals surface area contributed by atoms with Crippen LogP contribution in [-0.2, 0) is 9.84 Å². The zero-order chi connectivity index (χ0) is 19.4. The van der Waals surface area contributed by atoms with Crippen LogP contribution in [0.1, 0.15) is 23.8 Å². The molecule has 2 aromatic rings. The molecule has 27 heavy (non-hydrogen) atoms. The van der Waals surface area contributed by atoms with Gasteiger partial charge in [-0.3, -0.25) is 4.79 Å². The van der Waals surface area contributed by atoms with E-state index >= 15 is 0 Å². The molecular weight excluding hydrogens is 368 g/mol. The third kappa shape index (κ3) is 4.54. The number of ether oxygens (including phenoxy) is 1. The quantitative estimate of drug-likeness (QED) is 0.803. The Morgan fingerprint density at radius 3 is 2.74 bits per heavy atom. The molecule has 0 spiro atoms. The molecule has 1 aliphatic rings. The average molecular weight is 390 g/mol. The molecule has 1 atom stereocenters. The Hall–Kier alpha value is -2.68. The first kappa shape index (κ1) is 19.1. The van der Waals surface area contributed by atoms with Crippen LogP contribution in [0.4, 0.5) is 11.5 Å². The summed E-state index contributed by atoms with van der Waals surface area (Å²) in [6, 6.07) is 7.06. The molecule has 1 N–H and O–H groups in total. The van der Waals surface area contributed by atoms with Gasteiger partial charge in [0.05, 0.1) is 31.0 Å². The third-order valence-corrected chi connectivity index (χ3v) is 6.21. The van der Waals surface area contributed by atoms with Crippen molar-refractivity contribution in [2.75, 3.05) is 30.5 Å². The fourth-order valence-electron chi connectivity index (χ4n) is 3.09. The van der Waals surface area contributed by atoms with Gasteiger partial charge in [0.1, 0.15) is 17.3 Å². The number of anilines is 2. The lowest BCUT2D eigenvalue weighted by Gasteiger charge is -2.26. The predicted molar refractivity (Wildman–Crippen MR) is 102 cm³/mol. The van der Waals surface area contributed by atoms with Gasteiger partial charge in [-0.05, 0) is 25.5 Å². The van der Waals surface area contributed by atoms with Crippen molar-refractivity contribution in [1.29, 1.82) is 0 Å². The number of methoxy groups -OCH3 is 1. The van der Waals surface area contributed by atoms with Crippen molar-refractivity contribution in [2.45, 2.75) is 19.4 Å². The van der Waals surface area contributed by atoms with Gasteiger partial charge in [0.15, 0.2) is 9.84 Å². The van der Waals surface area contributed by atoms with Crippen molar-refractivity contribution in [1.82, 2.24) is 14.9 Å². The minimum Gasteiger partial charge on any atom is -0.497 e. The van der Waals surface area contributed by atoms with Crippen LogP contribution in [0.25, 0.3) is 0 Å². The fourth-order valence-corrected chi connectivity index (χ4v) is 4.82. The van der Waals surface area contributed by atoms with Crippen LogP contribution in [0.3, 0.4) is 0 Å². The smallest absolute Gasteiger partial charge is 0.274 e. The van der Waals surface area contributed by atoms with Crippen LogP contribution >= 0.6 is 0 Å². The fraction of sp³-hybridized carbons (Fsp3) is 0.389. The molecule has 144 valence electrons. The maximum atomic E-state index is 12.7. The van der Waals surface area contributed by atoms with Crippen molar-refractivity contribution in [3.8, 4) is 5.75 Å². The first-order valence-electron chi connectivity index (χ1n) is 8.66. The van der Waals surface area contributed by atoms with E-state index in [1.807, 2.05) is 31.2 Å². The van der Waals surface area contributed by atoms with Gasteiger partial charge < -0.3 is 15.0 Å². The lowest BCUT2D eigenvalue weighted by molar-refractivity contribution is 0.0702. The highest BCUT2D eigenvalue weighted by atomic mass is 32.2. The van der Waals surface area contributed by atoms with E-state index in [1.165, 1.54) is 12.4 Å². The van der Waals surface area contributed by atoms with Crippen molar-refractivity contribution in [2.24, 2.45) is 0 Å². The normalized spacial score (nSPS) is 18.1. The largest absolute Gasteiger partial charge is 0.497 e. The van der Waals surface area contributed by atoms with E-state index in [9.17, 15) is 13.2 Å². The van der Waals surface area contributed by atoms with Crippen LogP contribution in [-0.4, -0.2) is 60.4 Å². The maximum absolute atomic E-state index is 12.7. The Balaban J connectivity index is 1.71. The molecule has 3 rings (SSSR count). The number of aromatic nitrogens is 2. The predicted octanol–water partition coefficient (Wildman–Crippen LogP) is 1.88. The molecule has 1 aliphatic heterocycles. The van der Waals surface area contributed by atoms with Gasteiger partial charge in [0, 0.05) is 24.3 Å². The zero-order valence-corrected chi connectivity index (χ0v) is 16.1. The number of carbonyl (C=O) groups excluding carboxylic acids is 1. The summed E-state index contributed by atoms with van der Waals surface area (Å²) in [5.41, 5.74) is 0.978. The molecule has 0 bridgehead atoms. The molecule has 1 fully saturated rings. The van der Waals surface area contributed by atoms with Crippen LogP contribution in [0.5, 0.6) is 5.75 Å². The van der Waals surface area contributed by atoms with Gasteiger partial charge in [-0.1, -0.05) is 6.07 Å². The Morgan fingerprint density at radius 1 is 1.33 bits per heavy atom. The Morgan fingerprint density at radius 2 is 2.15 bits per heavy atom. The highest BCUT2D eigenvalue weighted by Gasteiger charge is 2.34. The van der Waals surface area contributed by atoms with Gasteiger partial charge in [-0.25, -0.2) is 18.4 Å². The van der Waals surface area contributed by atoms with Gasteiger partial charge in [0.2, 0.25) is 0 Å². The first-order valence-corrected chi connectivity index (χ1v) is 10.5. The summed E-state index contributed by atoms with van der Waals surface area (Å²) in [5, 5.41) is 3.10. The van der Waals surface area contributed by atoms with E-state index in [1.54, 1.807) is 12.0 Å². The summed E-state index contributed by atoms with van der Waals surface area (Å²) in [5.74, 6) is 1.03. The number of hydrogen-bond donors (Lipinski definition) is 1. The number of hydrogen-bond acceptors (Lipinski definition) is 7. The molecule has 1 unspecified atom stereocenters. The van der Waals surface area contributed by atoms with E-state index in [0.29, 0.717) is 24.5 Å². The Kier molecular flexibility index (Phi) is 5.59. The lowest BCUT2D eigenvalue weighted by atomic mass is 10.2. The summed E-state index contributed by atoms with van der Waals surface area (Å²) in [6.45, 7) is 2.25. The number of amides is 1. The van der Waals surface area contributed by atoms with Crippen LogP contribution in [0.2, 0.25) is 0 Å². The molecule has 1 aromatic heterocycles. The highest BCUT2D eigenvalue weighted by molar-refractivity contribution is 7.91. The number of carbonyl (C=O) groups is 1. The van der Waals surface area contributed by atoms with Crippen molar-refractivity contribution < 1.29 is 17.9 Å². The van der Waals surface area contributed by atoms with Crippen molar-refractivity contribution in [3.05, 3.63) is 42.4 Å². The van der Waals surface area contributed by atoms with Crippen LogP contribution < -0.4 is 10.1 Å². The molecule has 0 radical (unpaired) electrons. The van der Waals surface area contributed by atoms with E-state index in [2.05, 4.69) is 15.3 Å². The number of benzene rings is 1. The number of nitrogens with zero attached hydrogens (tertiary/aromatic N) is 3. The molecule has 8 nitrogen and oxygen atoms in total. The molecule has 0 aliphatic carbocycles. The SMILES string of the molecule is CCN(C(=O)c1cnc(Nc2cccc(OC)c2)cn1)C1CCS(=O)(=O)C1. The molecule has 1 aromatic carbocycles.